The Hall–Kier alpha value is -1.09. The number of hydrogen-bond acceptors (Lipinski definition) is 2. The lowest BCUT2D eigenvalue weighted by Crippen LogP contribution is -2.13. The number of rotatable bonds is 5. The molecule has 3 heteroatoms. The molecule has 0 unspecified atom stereocenters. The Morgan fingerprint density at radius 2 is 2.13 bits per heavy atom. The number of benzene rings is 1. The van der Waals surface area contributed by atoms with Crippen LogP contribution in [0.15, 0.2) is 18.2 Å². The van der Waals surface area contributed by atoms with Crippen LogP contribution in [-0.4, -0.2) is 19.3 Å². The second kappa shape index (κ2) is 5.71. The van der Waals surface area contributed by atoms with E-state index in [2.05, 4.69) is 5.32 Å². The SMILES string of the molecule is Cc1cc(NCCOC(C)C)ccc1F. The second-order valence-electron chi connectivity index (χ2n) is 3.81. The van der Waals surface area contributed by atoms with Crippen LogP contribution in [0.3, 0.4) is 0 Å². The van der Waals surface area contributed by atoms with Crippen molar-refractivity contribution in [3.8, 4) is 0 Å². The molecule has 0 aliphatic rings. The highest BCUT2D eigenvalue weighted by molar-refractivity contribution is 5.45. The van der Waals surface area contributed by atoms with E-state index in [1.807, 2.05) is 13.8 Å². The first-order valence-electron chi connectivity index (χ1n) is 5.21. The zero-order chi connectivity index (χ0) is 11.3. The normalized spacial score (nSPS) is 10.7. The van der Waals surface area contributed by atoms with Crippen LogP contribution in [0, 0.1) is 12.7 Å². The van der Waals surface area contributed by atoms with Crippen LogP contribution in [0.5, 0.6) is 0 Å². The third-order valence-electron chi connectivity index (χ3n) is 2.04. The van der Waals surface area contributed by atoms with Gasteiger partial charge in [-0.25, -0.2) is 4.39 Å². The first-order valence-corrected chi connectivity index (χ1v) is 5.21. The van der Waals surface area contributed by atoms with Gasteiger partial charge in [0, 0.05) is 12.2 Å². The van der Waals surface area contributed by atoms with Gasteiger partial charge in [-0.3, -0.25) is 0 Å². The molecule has 1 rings (SSSR count). The molecule has 0 aliphatic heterocycles. The number of ether oxygens (including phenoxy) is 1. The van der Waals surface area contributed by atoms with Gasteiger partial charge in [0.25, 0.3) is 0 Å². The third-order valence-corrected chi connectivity index (χ3v) is 2.04. The van der Waals surface area contributed by atoms with E-state index in [0.29, 0.717) is 12.2 Å². The maximum atomic E-state index is 12.9. The minimum Gasteiger partial charge on any atom is -0.383 e. The molecule has 1 N–H and O–H groups in total. The number of anilines is 1. The molecular weight excluding hydrogens is 193 g/mol. The Balaban J connectivity index is 2.35. The largest absolute Gasteiger partial charge is 0.383 e. The molecule has 84 valence electrons. The van der Waals surface area contributed by atoms with E-state index in [1.54, 1.807) is 19.1 Å². The van der Waals surface area contributed by atoms with Gasteiger partial charge < -0.3 is 10.1 Å². The van der Waals surface area contributed by atoms with Crippen molar-refractivity contribution in [1.29, 1.82) is 0 Å². The minimum atomic E-state index is -0.168. The number of halogens is 1. The fourth-order valence-corrected chi connectivity index (χ4v) is 1.24. The average Bonchev–Trinajstić information content (AvgIpc) is 2.18. The van der Waals surface area contributed by atoms with Gasteiger partial charge in [0.1, 0.15) is 5.82 Å². The van der Waals surface area contributed by atoms with Gasteiger partial charge in [-0.2, -0.15) is 0 Å². The summed E-state index contributed by atoms with van der Waals surface area (Å²) in [6.45, 7) is 7.16. The highest BCUT2D eigenvalue weighted by atomic mass is 19.1. The monoisotopic (exact) mass is 211 g/mol. The molecule has 15 heavy (non-hydrogen) atoms. The van der Waals surface area contributed by atoms with Crippen LogP contribution in [0.25, 0.3) is 0 Å². The Bertz CT molecular complexity index is 312. The highest BCUT2D eigenvalue weighted by Crippen LogP contribution is 2.13. The van der Waals surface area contributed by atoms with E-state index >= 15 is 0 Å². The van der Waals surface area contributed by atoms with Crippen LogP contribution >= 0.6 is 0 Å². The molecule has 0 saturated heterocycles. The maximum absolute atomic E-state index is 12.9. The van der Waals surface area contributed by atoms with Gasteiger partial charge in [-0.1, -0.05) is 0 Å². The van der Waals surface area contributed by atoms with E-state index in [0.717, 1.165) is 12.2 Å². The summed E-state index contributed by atoms with van der Waals surface area (Å²) in [5.74, 6) is -0.168. The lowest BCUT2D eigenvalue weighted by atomic mass is 10.2. The van der Waals surface area contributed by atoms with Crippen molar-refractivity contribution in [2.75, 3.05) is 18.5 Å². The molecule has 0 aromatic heterocycles. The van der Waals surface area contributed by atoms with Crippen molar-refractivity contribution >= 4 is 5.69 Å². The first-order chi connectivity index (χ1) is 7.09. The van der Waals surface area contributed by atoms with Crippen LogP contribution in [-0.2, 0) is 4.74 Å². The van der Waals surface area contributed by atoms with E-state index in [1.165, 1.54) is 6.07 Å². The molecule has 0 aliphatic carbocycles. The lowest BCUT2D eigenvalue weighted by Gasteiger charge is -2.10. The molecule has 1 aromatic rings. The van der Waals surface area contributed by atoms with Crippen LogP contribution < -0.4 is 5.32 Å². The van der Waals surface area contributed by atoms with Gasteiger partial charge in [0.2, 0.25) is 0 Å². The summed E-state index contributed by atoms with van der Waals surface area (Å²) in [4.78, 5) is 0. The van der Waals surface area contributed by atoms with E-state index < -0.39 is 0 Å². The molecule has 1 aromatic carbocycles. The van der Waals surface area contributed by atoms with Crippen molar-refractivity contribution in [3.63, 3.8) is 0 Å². The summed E-state index contributed by atoms with van der Waals surface area (Å²) < 4.78 is 18.3. The molecule has 0 amide bonds. The average molecular weight is 211 g/mol. The van der Waals surface area contributed by atoms with Crippen LogP contribution in [0.2, 0.25) is 0 Å². The van der Waals surface area contributed by atoms with Crippen molar-refractivity contribution in [1.82, 2.24) is 0 Å². The van der Waals surface area contributed by atoms with Crippen molar-refractivity contribution in [2.24, 2.45) is 0 Å². The van der Waals surface area contributed by atoms with Crippen LogP contribution in [0.4, 0.5) is 10.1 Å². The maximum Gasteiger partial charge on any atom is 0.126 e. The predicted octanol–water partition coefficient (Wildman–Crippen LogP) is 2.97. The predicted molar refractivity (Wildman–Crippen MR) is 60.7 cm³/mol. The summed E-state index contributed by atoms with van der Waals surface area (Å²) in [5.41, 5.74) is 1.59. The summed E-state index contributed by atoms with van der Waals surface area (Å²) in [5, 5.41) is 3.18. The third kappa shape index (κ3) is 4.30. The Kier molecular flexibility index (Phi) is 4.56. The zero-order valence-corrected chi connectivity index (χ0v) is 9.51. The molecule has 0 spiro atoms. The fourth-order valence-electron chi connectivity index (χ4n) is 1.24. The summed E-state index contributed by atoms with van der Waals surface area (Å²) in [7, 11) is 0. The van der Waals surface area contributed by atoms with Crippen molar-refractivity contribution in [3.05, 3.63) is 29.6 Å². The van der Waals surface area contributed by atoms with Gasteiger partial charge in [0.05, 0.1) is 12.7 Å². The Morgan fingerprint density at radius 1 is 1.40 bits per heavy atom. The van der Waals surface area contributed by atoms with E-state index in [4.69, 9.17) is 4.74 Å². The molecule has 0 saturated carbocycles. The Morgan fingerprint density at radius 3 is 2.73 bits per heavy atom. The first kappa shape index (κ1) is 12.0. The molecule has 0 atom stereocenters. The van der Waals surface area contributed by atoms with E-state index in [9.17, 15) is 4.39 Å². The summed E-state index contributed by atoms with van der Waals surface area (Å²) >= 11 is 0. The number of nitrogens with one attached hydrogen (secondary N) is 1. The van der Waals surface area contributed by atoms with E-state index in [-0.39, 0.29) is 11.9 Å². The van der Waals surface area contributed by atoms with Gasteiger partial charge in [-0.05, 0) is 44.5 Å². The highest BCUT2D eigenvalue weighted by Gasteiger charge is 1.98. The van der Waals surface area contributed by atoms with Gasteiger partial charge in [0.15, 0.2) is 0 Å². The van der Waals surface area contributed by atoms with Gasteiger partial charge in [-0.15, -0.1) is 0 Å². The lowest BCUT2D eigenvalue weighted by molar-refractivity contribution is 0.0870. The quantitative estimate of drug-likeness (QED) is 0.756. The second-order valence-corrected chi connectivity index (χ2v) is 3.81. The standard InChI is InChI=1S/C12H18FNO/c1-9(2)15-7-6-14-11-4-5-12(13)10(3)8-11/h4-5,8-9,14H,6-7H2,1-3H3. The summed E-state index contributed by atoms with van der Waals surface area (Å²) in [6.07, 6.45) is 0.252. The smallest absolute Gasteiger partial charge is 0.126 e. The molecule has 2 nitrogen and oxygen atoms in total. The number of hydrogen-bond donors (Lipinski definition) is 1. The molecular formula is C12H18FNO. The minimum absolute atomic E-state index is 0.168. The van der Waals surface area contributed by atoms with Gasteiger partial charge >= 0.3 is 0 Å². The van der Waals surface area contributed by atoms with Crippen molar-refractivity contribution in [2.45, 2.75) is 26.9 Å². The molecule has 0 radical (unpaired) electrons. The number of aryl methyl sites for hydroxylation is 1. The topological polar surface area (TPSA) is 21.3 Å². The molecule has 0 bridgehead atoms. The van der Waals surface area contributed by atoms with Crippen molar-refractivity contribution < 1.29 is 9.13 Å². The fraction of sp³-hybridized carbons (Fsp3) is 0.500. The molecule has 0 fully saturated rings. The zero-order valence-electron chi connectivity index (χ0n) is 9.51. The Labute approximate surface area is 90.4 Å². The van der Waals surface area contributed by atoms with Crippen LogP contribution in [0.1, 0.15) is 19.4 Å². The summed E-state index contributed by atoms with van der Waals surface area (Å²) in [6, 6.07) is 5.00. The molecule has 0 heterocycles.